The van der Waals surface area contributed by atoms with Crippen LogP contribution in [0.25, 0.3) is 0 Å². The Morgan fingerprint density at radius 2 is 1.63 bits per heavy atom. The van der Waals surface area contributed by atoms with Crippen molar-refractivity contribution in [2.45, 2.75) is 19.0 Å². The Bertz CT molecular complexity index is 564. The molecule has 19 heavy (non-hydrogen) atoms. The van der Waals surface area contributed by atoms with Gasteiger partial charge in [0.2, 0.25) is 0 Å². The van der Waals surface area contributed by atoms with E-state index in [-0.39, 0.29) is 11.8 Å². The van der Waals surface area contributed by atoms with Crippen LogP contribution in [0.4, 0.5) is 0 Å². The smallest absolute Gasteiger partial charge is 0.181 e. The van der Waals surface area contributed by atoms with Crippen molar-refractivity contribution >= 4 is 5.78 Å². The minimum Gasteiger partial charge on any atom is -0.292 e. The lowest BCUT2D eigenvalue weighted by Gasteiger charge is -2.14. The zero-order valence-corrected chi connectivity index (χ0v) is 11.0. The fourth-order valence-corrected chi connectivity index (χ4v) is 2.53. The highest BCUT2D eigenvalue weighted by atomic mass is 16.1. The van der Waals surface area contributed by atoms with Gasteiger partial charge in [0, 0.05) is 18.2 Å². The standard InChI is InChI=1S/C17H17NO/c1-13(14-8-4-2-5-9-14)18-12-16(18)17(19)15-10-6-3-7-11-15/h2-11,13,16H,12H2,1H3/t13-,16?,18?/m0/s1. The van der Waals surface area contributed by atoms with Crippen molar-refractivity contribution in [3.05, 3.63) is 71.8 Å². The second-order valence-electron chi connectivity index (χ2n) is 5.03. The summed E-state index contributed by atoms with van der Waals surface area (Å²) in [5.41, 5.74) is 2.08. The van der Waals surface area contributed by atoms with Crippen LogP contribution in [0.2, 0.25) is 0 Å². The maximum absolute atomic E-state index is 12.3. The normalized spacial score (nSPS) is 22.8. The van der Waals surface area contributed by atoms with Crippen LogP contribution < -0.4 is 0 Å². The van der Waals surface area contributed by atoms with E-state index in [2.05, 4.69) is 24.0 Å². The first-order valence-electron chi connectivity index (χ1n) is 6.67. The molecule has 0 aromatic heterocycles. The highest BCUT2D eigenvalue weighted by Crippen LogP contribution is 2.33. The first-order valence-corrected chi connectivity index (χ1v) is 6.67. The van der Waals surface area contributed by atoms with E-state index >= 15 is 0 Å². The van der Waals surface area contributed by atoms with E-state index in [1.165, 1.54) is 5.56 Å². The minimum absolute atomic E-state index is 0.0533. The van der Waals surface area contributed by atoms with E-state index in [9.17, 15) is 4.79 Å². The van der Waals surface area contributed by atoms with Crippen LogP contribution in [0, 0.1) is 0 Å². The monoisotopic (exact) mass is 251 g/mol. The predicted octanol–water partition coefficient (Wildman–Crippen LogP) is 3.31. The summed E-state index contributed by atoms with van der Waals surface area (Å²) in [7, 11) is 0. The van der Waals surface area contributed by atoms with Gasteiger partial charge in [-0.2, -0.15) is 0 Å². The summed E-state index contributed by atoms with van der Waals surface area (Å²) in [4.78, 5) is 14.6. The van der Waals surface area contributed by atoms with Crippen LogP contribution >= 0.6 is 0 Å². The summed E-state index contributed by atoms with van der Waals surface area (Å²) in [6, 6.07) is 20.3. The lowest BCUT2D eigenvalue weighted by Crippen LogP contribution is -2.16. The summed E-state index contributed by atoms with van der Waals surface area (Å²) < 4.78 is 0. The van der Waals surface area contributed by atoms with E-state index in [1.54, 1.807) is 0 Å². The van der Waals surface area contributed by atoms with E-state index < -0.39 is 0 Å². The number of ketones is 1. The molecule has 0 bridgehead atoms. The number of carbonyl (C=O) groups excluding carboxylic acids is 1. The fraction of sp³-hybridized carbons (Fsp3) is 0.235. The minimum atomic E-state index is 0.0533. The number of hydrogen-bond donors (Lipinski definition) is 0. The second-order valence-corrected chi connectivity index (χ2v) is 5.03. The molecule has 2 unspecified atom stereocenters. The number of carbonyl (C=O) groups is 1. The van der Waals surface area contributed by atoms with Gasteiger partial charge in [-0.3, -0.25) is 9.69 Å². The van der Waals surface area contributed by atoms with Crippen molar-refractivity contribution in [3.63, 3.8) is 0 Å². The first-order chi connectivity index (χ1) is 9.27. The molecule has 3 rings (SSSR count). The van der Waals surface area contributed by atoms with Crippen molar-refractivity contribution in [1.82, 2.24) is 4.90 Å². The zero-order valence-electron chi connectivity index (χ0n) is 11.0. The molecule has 3 atom stereocenters. The van der Waals surface area contributed by atoms with Crippen molar-refractivity contribution in [2.75, 3.05) is 6.54 Å². The van der Waals surface area contributed by atoms with Crippen molar-refractivity contribution < 1.29 is 4.79 Å². The number of nitrogens with zero attached hydrogens (tertiary/aromatic N) is 1. The Morgan fingerprint density at radius 3 is 2.26 bits per heavy atom. The maximum Gasteiger partial charge on any atom is 0.181 e. The molecular formula is C17H17NO. The van der Waals surface area contributed by atoms with Gasteiger partial charge in [-0.25, -0.2) is 0 Å². The molecule has 1 heterocycles. The molecule has 0 radical (unpaired) electrons. The zero-order chi connectivity index (χ0) is 13.2. The molecule has 0 saturated carbocycles. The summed E-state index contributed by atoms with van der Waals surface area (Å²) >= 11 is 0. The number of hydrogen-bond acceptors (Lipinski definition) is 2. The quantitative estimate of drug-likeness (QED) is 0.613. The lowest BCUT2D eigenvalue weighted by atomic mass is 10.1. The van der Waals surface area contributed by atoms with Gasteiger partial charge in [-0.15, -0.1) is 0 Å². The van der Waals surface area contributed by atoms with E-state index in [1.807, 2.05) is 48.5 Å². The van der Waals surface area contributed by atoms with Crippen molar-refractivity contribution in [2.24, 2.45) is 0 Å². The Kier molecular flexibility index (Phi) is 3.18. The largest absolute Gasteiger partial charge is 0.292 e. The van der Waals surface area contributed by atoms with Gasteiger partial charge in [-0.1, -0.05) is 60.7 Å². The van der Waals surface area contributed by atoms with Crippen molar-refractivity contribution in [1.29, 1.82) is 0 Å². The van der Waals surface area contributed by atoms with Crippen LogP contribution in [-0.4, -0.2) is 23.3 Å². The second kappa shape index (κ2) is 4.98. The van der Waals surface area contributed by atoms with Crippen LogP contribution in [0.15, 0.2) is 60.7 Å². The number of benzene rings is 2. The van der Waals surface area contributed by atoms with E-state index in [0.717, 1.165) is 12.1 Å². The van der Waals surface area contributed by atoms with E-state index in [0.29, 0.717) is 6.04 Å². The average Bonchev–Trinajstić information content (AvgIpc) is 3.28. The molecule has 1 fully saturated rings. The average molecular weight is 251 g/mol. The summed E-state index contributed by atoms with van der Waals surface area (Å²) in [5, 5.41) is 0. The molecule has 2 heteroatoms. The molecule has 2 aromatic rings. The molecule has 0 N–H and O–H groups in total. The number of rotatable bonds is 4. The SMILES string of the molecule is C[C@@H](c1ccccc1)N1CC1C(=O)c1ccccc1. The fourth-order valence-electron chi connectivity index (χ4n) is 2.53. The Hall–Kier alpha value is -1.93. The van der Waals surface area contributed by atoms with Gasteiger partial charge >= 0.3 is 0 Å². The lowest BCUT2D eigenvalue weighted by molar-refractivity contribution is 0.0969. The highest BCUT2D eigenvalue weighted by Gasteiger charge is 2.43. The van der Waals surface area contributed by atoms with Gasteiger partial charge in [0.05, 0.1) is 6.04 Å². The van der Waals surface area contributed by atoms with Crippen LogP contribution in [0.5, 0.6) is 0 Å². The van der Waals surface area contributed by atoms with Gasteiger partial charge in [0.25, 0.3) is 0 Å². The van der Waals surface area contributed by atoms with Gasteiger partial charge < -0.3 is 0 Å². The van der Waals surface area contributed by atoms with Crippen molar-refractivity contribution in [3.8, 4) is 0 Å². The third-order valence-electron chi connectivity index (χ3n) is 3.79. The van der Waals surface area contributed by atoms with Gasteiger partial charge in [-0.05, 0) is 12.5 Å². The van der Waals surface area contributed by atoms with Crippen LogP contribution in [0.3, 0.4) is 0 Å². The molecule has 0 aliphatic carbocycles. The number of Topliss-reactive ketones (excluding diaryl/α,β-unsaturated/α-hetero) is 1. The van der Waals surface area contributed by atoms with E-state index in [4.69, 9.17) is 0 Å². The van der Waals surface area contributed by atoms with Gasteiger partial charge in [0.1, 0.15) is 0 Å². The molecular weight excluding hydrogens is 234 g/mol. The molecule has 96 valence electrons. The molecule has 0 amide bonds. The molecule has 2 nitrogen and oxygen atoms in total. The maximum atomic E-state index is 12.3. The predicted molar refractivity (Wildman–Crippen MR) is 76.1 cm³/mol. The third-order valence-corrected chi connectivity index (χ3v) is 3.79. The van der Waals surface area contributed by atoms with Gasteiger partial charge in [0.15, 0.2) is 5.78 Å². The molecule has 0 spiro atoms. The third kappa shape index (κ3) is 2.45. The summed E-state index contributed by atoms with van der Waals surface area (Å²) in [6.07, 6.45) is 0. The van der Waals surface area contributed by atoms with Crippen LogP contribution in [0.1, 0.15) is 28.9 Å². The Balaban J connectivity index is 1.70. The summed E-state index contributed by atoms with van der Waals surface area (Å²) in [5.74, 6) is 0.239. The Morgan fingerprint density at radius 1 is 1.05 bits per heavy atom. The molecule has 2 aromatic carbocycles. The molecule has 1 aliphatic rings. The summed E-state index contributed by atoms with van der Waals surface area (Å²) in [6.45, 7) is 3.03. The topological polar surface area (TPSA) is 20.1 Å². The molecule has 1 saturated heterocycles. The first kappa shape index (κ1) is 12.1. The Labute approximate surface area is 113 Å². The molecule has 1 aliphatic heterocycles. The highest BCUT2D eigenvalue weighted by molar-refractivity contribution is 6.02. The van der Waals surface area contributed by atoms with Crippen LogP contribution in [-0.2, 0) is 0 Å².